The molecule has 1 unspecified atom stereocenters. The Morgan fingerprint density at radius 2 is 2.44 bits per heavy atom. The van der Waals surface area contributed by atoms with Gasteiger partial charge in [-0.15, -0.1) is 0 Å². The zero-order valence-corrected chi connectivity index (χ0v) is 6.49. The van der Waals surface area contributed by atoms with Gasteiger partial charge in [0.2, 0.25) is 0 Å². The summed E-state index contributed by atoms with van der Waals surface area (Å²) in [6.45, 7) is 2.20. The van der Waals surface area contributed by atoms with Crippen LogP contribution in [0.4, 0.5) is 0 Å². The first-order valence-electron chi connectivity index (χ1n) is 2.82. The molecule has 0 saturated heterocycles. The summed E-state index contributed by atoms with van der Waals surface area (Å²) in [5, 5.41) is 4.38. The summed E-state index contributed by atoms with van der Waals surface area (Å²) in [5.74, 6) is 0.0318. The molecular weight excluding hydrogens is 134 g/mol. The zero-order chi connectivity index (χ0) is 7.28. The minimum atomic E-state index is -0.0926. The summed E-state index contributed by atoms with van der Waals surface area (Å²) in [7, 11) is 1.80. The molecule has 0 saturated carbocycles. The first kappa shape index (κ1) is 8.72. The molecule has 0 aliphatic heterocycles. The van der Waals surface area contributed by atoms with Crippen molar-refractivity contribution >= 4 is 23.4 Å². The topological polar surface area (TPSA) is 29.1 Å². The van der Waals surface area contributed by atoms with E-state index in [1.165, 1.54) is 5.37 Å². The summed E-state index contributed by atoms with van der Waals surface area (Å²) >= 11 is 4.63. The smallest absolute Gasteiger partial charge is 0.138 e. The first-order valence-corrected chi connectivity index (χ1v) is 3.30. The SMILES string of the molecule is CNCC(C=S)C(C)=O. The molecule has 0 heterocycles. The van der Waals surface area contributed by atoms with Crippen LogP contribution >= 0.6 is 12.2 Å². The molecule has 1 atom stereocenters. The van der Waals surface area contributed by atoms with Gasteiger partial charge in [-0.2, -0.15) is 0 Å². The summed E-state index contributed by atoms with van der Waals surface area (Å²) in [5.41, 5.74) is 0. The number of carbonyl (C=O) groups is 1. The van der Waals surface area contributed by atoms with Crippen molar-refractivity contribution in [1.29, 1.82) is 0 Å². The van der Waals surface area contributed by atoms with E-state index in [-0.39, 0.29) is 11.7 Å². The normalized spacial score (nSPS) is 12.7. The second kappa shape index (κ2) is 4.58. The van der Waals surface area contributed by atoms with Crippen molar-refractivity contribution in [2.24, 2.45) is 5.92 Å². The van der Waals surface area contributed by atoms with Gasteiger partial charge in [-0.1, -0.05) is 12.2 Å². The molecule has 0 amide bonds. The number of nitrogens with one attached hydrogen (secondary N) is 1. The van der Waals surface area contributed by atoms with Crippen LogP contribution in [0.1, 0.15) is 6.92 Å². The number of thiocarbonyl (C=S) groups is 1. The number of Topliss-reactive ketones (excluding diaryl/α,β-unsaturated/α-hetero) is 1. The van der Waals surface area contributed by atoms with Gasteiger partial charge < -0.3 is 5.32 Å². The van der Waals surface area contributed by atoms with Crippen molar-refractivity contribution in [2.75, 3.05) is 13.6 Å². The van der Waals surface area contributed by atoms with E-state index in [0.29, 0.717) is 6.54 Å². The Kier molecular flexibility index (Phi) is 4.44. The molecule has 0 aromatic carbocycles. The lowest BCUT2D eigenvalue weighted by Crippen LogP contribution is -2.24. The van der Waals surface area contributed by atoms with Crippen LogP contribution in [-0.4, -0.2) is 24.7 Å². The third-order valence-corrected chi connectivity index (χ3v) is 1.44. The lowest BCUT2D eigenvalue weighted by molar-refractivity contribution is -0.118. The number of hydrogen-bond donors (Lipinski definition) is 1. The van der Waals surface area contributed by atoms with Crippen molar-refractivity contribution in [3.05, 3.63) is 0 Å². The van der Waals surface area contributed by atoms with E-state index in [2.05, 4.69) is 17.5 Å². The highest BCUT2D eigenvalue weighted by molar-refractivity contribution is 7.79. The van der Waals surface area contributed by atoms with Gasteiger partial charge in [0.15, 0.2) is 0 Å². The van der Waals surface area contributed by atoms with E-state index in [4.69, 9.17) is 0 Å². The highest BCUT2D eigenvalue weighted by Gasteiger charge is 2.07. The Morgan fingerprint density at radius 1 is 1.89 bits per heavy atom. The Morgan fingerprint density at radius 3 is 2.56 bits per heavy atom. The molecule has 0 radical (unpaired) electrons. The summed E-state index contributed by atoms with van der Waals surface area (Å²) < 4.78 is 0. The van der Waals surface area contributed by atoms with Crippen molar-refractivity contribution in [1.82, 2.24) is 5.32 Å². The second-order valence-corrected chi connectivity index (χ2v) is 2.18. The summed E-state index contributed by atoms with van der Waals surface area (Å²) in [4.78, 5) is 10.6. The molecule has 0 fully saturated rings. The van der Waals surface area contributed by atoms with Crippen LogP contribution in [0.2, 0.25) is 0 Å². The fourth-order valence-corrected chi connectivity index (χ4v) is 0.795. The molecule has 1 N–H and O–H groups in total. The van der Waals surface area contributed by atoms with Crippen molar-refractivity contribution < 1.29 is 4.79 Å². The lowest BCUT2D eigenvalue weighted by atomic mass is 10.1. The Balaban J connectivity index is 3.68. The predicted molar refractivity (Wildman–Crippen MR) is 41.8 cm³/mol. The highest BCUT2D eigenvalue weighted by atomic mass is 32.1. The molecule has 9 heavy (non-hydrogen) atoms. The first-order chi connectivity index (χ1) is 4.22. The standard InChI is InChI=1S/C6H11NOS/c1-5(8)6(4-9)3-7-2/h4,6-7H,3H2,1-2H3. The monoisotopic (exact) mass is 145 g/mol. The fraction of sp³-hybridized carbons (Fsp3) is 0.667. The molecular formula is C6H11NOS. The Hall–Kier alpha value is -0.280. The summed E-state index contributed by atoms with van der Waals surface area (Å²) in [6.07, 6.45) is 0. The number of hydrogen-bond acceptors (Lipinski definition) is 3. The minimum absolute atomic E-state index is 0.0926. The van der Waals surface area contributed by atoms with Crippen molar-refractivity contribution in [3.63, 3.8) is 0 Å². The molecule has 0 rings (SSSR count). The van der Waals surface area contributed by atoms with E-state index >= 15 is 0 Å². The Bertz CT molecular complexity index is 114. The summed E-state index contributed by atoms with van der Waals surface area (Å²) in [6, 6.07) is 0. The molecule has 0 aromatic heterocycles. The van der Waals surface area contributed by atoms with Gasteiger partial charge in [0.1, 0.15) is 5.78 Å². The zero-order valence-electron chi connectivity index (χ0n) is 5.68. The van der Waals surface area contributed by atoms with Crippen LogP contribution in [0.25, 0.3) is 0 Å². The van der Waals surface area contributed by atoms with E-state index in [0.717, 1.165) is 0 Å². The van der Waals surface area contributed by atoms with Crippen LogP contribution < -0.4 is 5.32 Å². The molecule has 0 bridgehead atoms. The maximum Gasteiger partial charge on any atom is 0.138 e. The van der Waals surface area contributed by atoms with E-state index < -0.39 is 0 Å². The maximum absolute atomic E-state index is 10.6. The van der Waals surface area contributed by atoms with Gasteiger partial charge in [0.25, 0.3) is 0 Å². The van der Waals surface area contributed by atoms with Gasteiger partial charge in [0, 0.05) is 6.54 Å². The van der Waals surface area contributed by atoms with Gasteiger partial charge >= 0.3 is 0 Å². The number of rotatable bonds is 4. The van der Waals surface area contributed by atoms with Gasteiger partial charge in [-0.25, -0.2) is 0 Å². The molecule has 52 valence electrons. The largest absolute Gasteiger partial charge is 0.319 e. The highest BCUT2D eigenvalue weighted by Crippen LogP contribution is 1.91. The van der Waals surface area contributed by atoms with Gasteiger partial charge in [0.05, 0.1) is 5.92 Å². The van der Waals surface area contributed by atoms with E-state index in [9.17, 15) is 4.79 Å². The van der Waals surface area contributed by atoms with Crippen LogP contribution in [0, 0.1) is 5.92 Å². The quantitative estimate of drug-likeness (QED) is 0.581. The molecule has 0 spiro atoms. The van der Waals surface area contributed by atoms with Gasteiger partial charge in [-0.3, -0.25) is 4.79 Å². The molecule has 0 aliphatic carbocycles. The van der Waals surface area contributed by atoms with Crippen LogP contribution in [0.15, 0.2) is 0 Å². The number of carbonyl (C=O) groups excluding carboxylic acids is 1. The third kappa shape index (κ3) is 3.32. The molecule has 0 aromatic rings. The maximum atomic E-state index is 10.6. The number of ketones is 1. The van der Waals surface area contributed by atoms with Crippen LogP contribution in [-0.2, 0) is 4.79 Å². The molecule has 0 aliphatic rings. The van der Waals surface area contributed by atoms with Crippen molar-refractivity contribution in [2.45, 2.75) is 6.92 Å². The molecule has 3 heteroatoms. The van der Waals surface area contributed by atoms with Crippen LogP contribution in [0.5, 0.6) is 0 Å². The minimum Gasteiger partial charge on any atom is -0.319 e. The van der Waals surface area contributed by atoms with Crippen LogP contribution in [0.3, 0.4) is 0 Å². The predicted octanol–water partition coefficient (Wildman–Crippen LogP) is 0.411. The van der Waals surface area contributed by atoms with Gasteiger partial charge in [-0.05, 0) is 19.3 Å². The molecule has 2 nitrogen and oxygen atoms in total. The van der Waals surface area contributed by atoms with Crippen molar-refractivity contribution in [3.8, 4) is 0 Å². The average molecular weight is 145 g/mol. The van der Waals surface area contributed by atoms with E-state index in [1.54, 1.807) is 14.0 Å². The average Bonchev–Trinajstić information content (AvgIpc) is 1.82. The second-order valence-electron chi connectivity index (χ2n) is 1.91. The lowest BCUT2D eigenvalue weighted by Gasteiger charge is -2.04. The van der Waals surface area contributed by atoms with E-state index in [1.807, 2.05) is 0 Å². The fourth-order valence-electron chi connectivity index (χ4n) is 0.508. The third-order valence-electron chi connectivity index (χ3n) is 1.11. The Labute approximate surface area is 60.6 Å².